The summed E-state index contributed by atoms with van der Waals surface area (Å²) < 4.78 is 101. The van der Waals surface area contributed by atoms with Gasteiger partial charge in [0.25, 0.3) is 0 Å². The van der Waals surface area contributed by atoms with E-state index in [1.807, 2.05) is 86.0 Å². The molecule has 0 amide bonds. The molecule has 4 aromatic carbocycles. The smallest absolute Gasteiger partial charge is 0.489 e. The molecule has 0 spiro atoms. The fourth-order valence-electron chi connectivity index (χ4n) is 7.43. The first-order valence-corrected chi connectivity index (χ1v) is 23.8. The van der Waals surface area contributed by atoms with Gasteiger partial charge in [-0.15, -0.1) is 0 Å². The molecule has 15 heteroatoms. The van der Waals surface area contributed by atoms with E-state index in [1.54, 1.807) is 0 Å². The summed E-state index contributed by atoms with van der Waals surface area (Å²) >= 11 is 0. The van der Waals surface area contributed by atoms with E-state index in [0.717, 1.165) is 35.8 Å². The van der Waals surface area contributed by atoms with Gasteiger partial charge in [-0.3, -0.25) is 0 Å². The Morgan fingerprint density at radius 2 is 1.03 bits per heavy atom. The SMILES string of the molecule is CC(C)(CCc1cccc(O[C@H]2CCN(c3ccc(S(C)(=O)=O)cc3F)C2)c1)OC(=O)OC(C)(C)CCc1cccc(O[C@H]2CCN(c3ccc(S(C)(=O)=O)cc3F)C2)c1. The second kappa shape index (κ2) is 18.0. The quantitative estimate of drug-likeness (QED) is 0.101. The van der Waals surface area contributed by atoms with Crippen molar-refractivity contribution in [1.29, 1.82) is 0 Å². The Hall–Kier alpha value is -4.89. The Morgan fingerprint density at radius 1 is 0.633 bits per heavy atom. The molecule has 2 saturated heterocycles. The van der Waals surface area contributed by atoms with Gasteiger partial charge < -0.3 is 28.7 Å². The summed E-state index contributed by atoms with van der Waals surface area (Å²) in [5.74, 6) is 0.201. The van der Waals surface area contributed by atoms with Crippen molar-refractivity contribution < 1.29 is 49.4 Å². The third-order valence-corrected chi connectivity index (χ3v) is 13.0. The molecule has 2 aliphatic rings. The summed E-state index contributed by atoms with van der Waals surface area (Å²) in [5.41, 5.74) is 1.05. The van der Waals surface area contributed by atoms with Crippen LogP contribution < -0.4 is 19.3 Å². The number of nitrogens with zero attached hydrogens (tertiary/aromatic N) is 2. The molecule has 0 bridgehead atoms. The van der Waals surface area contributed by atoms with Gasteiger partial charge in [-0.2, -0.15) is 0 Å². The number of hydrogen-bond donors (Lipinski definition) is 0. The summed E-state index contributed by atoms with van der Waals surface area (Å²) in [6.07, 6.45) is 4.64. The second-order valence-electron chi connectivity index (χ2n) is 17.0. The Kier molecular flexibility index (Phi) is 13.4. The van der Waals surface area contributed by atoms with Gasteiger partial charge in [0.2, 0.25) is 0 Å². The van der Waals surface area contributed by atoms with E-state index < -0.39 is 48.7 Å². The standard InChI is InChI=1S/C45H54F2N2O9S2/c1-44(2,21-17-31-9-7-11-33(25-31)55-35-19-23-48(29-35)41-15-13-37(27-39(41)46)59(5,51)52)57-43(50)58-45(3,4)22-18-32-10-8-12-34(26-32)56-36-20-24-49(30-36)42-16-14-38(28-40(42)47)60(6,53)54/h7-16,25-28,35-36H,17-24,29-30H2,1-6H3/t35-,36-/m0/s1. The third kappa shape index (κ3) is 12.1. The van der Waals surface area contributed by atoms with E-state index in [-0.39, 0.29) is 22.0 Å². The normalized spacial score (nSPS) is 17.5. The van der Waals surface area contributed by atoms with Gasteiger partial charge in [0.1, 0.15) is 46.5 Å². The molecule has 2 heterocycles. The van der Waals surface area contributed by atoms with Gasteiger partial charge in [0.15, 0.2) is 19.7 Å². The topological polar surface area (TPSA) is 129 Å². The van der Waals surface area contributed by atoms with E-state index in [0.29, 0.717) is 87.6 Å². The highest BCUT2D eigenvalue weighted by atomic mass is 32.2. The highest BCUT2D eigenvalue weighted by molar-refractivity contribution is 7.91. The lowest BCUT2D eigenvalue weighted by molar-refractivity contribution is -0.0632. The van der Waals surface area contributed by atoms with Crippen LogP contribution in [0.2, 0.25) is 0 Å². The Morgan fingerprint density at radius 3 is 1.40 bits per heavy atom. The van der Waals surface area contributed by atoms with E-state index >= 15 is 0 Å². The van der Waals surface area contributed by atoms with Crippen molar-refractivity contribution in [3.05, 3.63) is 108 Å². The van der Waals surface area contributed by atoms with Crippen LogP contribution in [0.15, 0.2) is 94.7 Å². The van der Waals surface area contributed by atoms with E-state index in [1.165, 1.54) is 24.3 Å². The van der Waals surface area contributed by atoms with Gasteiger partial charge in [-0.1, -0.05) is 24.3 Å². The first-order valence-electron chi connectivity index (χ1n) is 20.0. The van der Waals surface area contributed by atoms with Gasteiger partial charge >= 0.3 is 6.16 Å². The maximum Gasteiger partial charge on any atom is 0.509 e. The Labute approximate surface area is 352 Å². The number of halogens is 2. The Balaban J connectivity index is 0.933. The van der Waals surface area contributed by atoms with Crippen LogP contribution in [0.1, 0.15) is 64.5 Å². The molecule has 2 aliphatic heterocycles. The number of rotatable bonds is 16. The number of aryl methyl sites for hydroxylation is 2. The molecular formula is C45H54F2N2O9S2. The number of hydrogen-bond acceptors (Lipinski definition) is 11. The average Bonchev–Trinajstić information content (AvgIpc) is 3.82. The van der Waals surface area contributed by atoms with Crippen molar-refractivity contribution in [3.8, 4) is 11.5 Å². The van der Waals surface area contributed by atoms with Crippen molar-refractivity contribution in [3.63, 3.8) is 0 Å². The predicted octanol–water partition coefficient (Wildman–Crippen LogP) is 8.36. The van der Waals surface area contributed by atoms with Crippen LogP contribution in [0.4, 0.5) is 25.0 Å². The lowest BCUT2D eigenvalue weighted by Crippen LogP contribution is -2.35. The van der Waals surface area contributed by atoms with Crippen LogP contribution in [0, 0.1) is 11.6 Å². The Bertz CT molecular complexity index is 2240. The second-order valence-corrected chi connectivity index (χ2v) is 21.0. The van der Waals surface area contributed by atoms with Gasteiger partial charge in [0, 0.05) is 38.4 Å². The molecule has 0 radical (unpaired) electrons. The predicted molar refractivity (Wildman–Crippen MR) is 227 cm³/mol. The summed E-state index contributed by atoms with van der Waals surface area (Å²) in [7, 11) is -7.01. The summed E-state index contributed by atoms with van der Waals surface area (Å²) in [6.45, 7) is 9.43. The number of carbonyl (C=O) groups excluding carboxylic acids is 1. The number of carbonyl (C=O) groups is 1. The minimum absolute atomic E-state index is 0.0557. The maximum atomic E-state index is 14.8. The van der Waals surface area contributed by atoms with Gasteiger partial charge in [0.05, 0.1) is 34.3 Å². The van der Waals surface area contributed by atoms with E-state index in [4.69, 9.17) is 18.9 Å². The number of ether oxygens (including phenoxy) is 4. The molecule has 2 atom stereocenters. The van der Waals surface area contributed by atoms with Crippen molar-refractivity contribution in [2.75, 3.05) is 48.5 Å². The molecule has 0 aliphatic carbocycles. The maximum absolute atomic E-state index is 14.8. The molecular weight excluding hydrogens is 815 g/mol. The lowest BCUT2D eigenvalue weighted by Gasteiger charge is -2.29. The largest absolute Gasteiger partial charge is 0.509 e. The van der Waals surface area contributed by atoms with Crippen molar-refractivity contribution in [2.24, 2.45) is 0 Å². The third-order valence-electron chi connectivity index (χ3n) is 10.8. The molecule has 0 saturated carbocycles. The lowest BCUT2D eigenvalue weighted by atomic mass is 9.98. The first-order chi connectivity index (χ1) is 28.1. The van der Waals surface area contributed by atoms with Crippen LogP contribution in [0.3, 0.4) is 0 Å². The first kappa shape index (κ1) is 44.7. The molecule has 60 heavy (non-hydrogen) atoms. The molecule has 11 nitrogen and oxygen atoms in total. The zero-order valence-corrected chi connectivity index (χ0v) is 36.6. The molecule has 4 aromatic rings. The number of sulfone groups is 2. The fraction of sp³-hybridized carbons (Fsp3) is 0.444. The molecule has 0 N–H and O–H groups in total. The fourth-order valence-corrected chi connectivity index (χ4v) is 8.70. The minimum atomic E-state index is -3.51. The van der Waals surface area contributed by atoms with Gasteiger partial charge in [-0.25, -0.2) is 30.4 Å². The van der Waals surface area contributed by atoms with Crippen LogP contribution in [0.5, 0.6) is 11.5 Å². The molecule has 2 fully saturated rings. The molecule has 324 valence electrons. The monoisotopic (exact) mass is 868 g/mol. The zero-order valence-electron chi connectivity index (χ0n) is 34.9. The molecule has 0 unspecified atom stereocenters. The number of benzene rings is 4. The van der Waals surface area contributed by atoms with Crippen molar-refractivity contribution >= 4 is 37.2 Å². The van der Waals surface area contributed by atoms with Crippen LogP contribution in [-0.2, 0) is 42.0 Å². The highest BCUT2D eigenvalue weighted by Gasteiger charge is 2.31. The molecule has 6 rings (SSSR count). The van der Waals surface area contributed by atoms with E-state index in [2.05, 4.69) is 0 Å². The van der Waals surface area contributed by atoms with Crippen LogP contribution >= 0.6 is 0 Å². The minimum Gasteiger partial charge on any atom is -0.489 e. The summed E-state index contributed by atoms with van der Waals surface area (Å²) in [4.78, 5) is 16.6. The van der Waals surface area contributed by atoms with Crippen molar-refractivity contribution in [2.45, 2.75) is 99.4 Å². The van der Waals surface area contributed by atoms with Crippen LogP contribution in [0.25, 0.3) is 0 Å². The zero-order chi connectivity index (χ0) is 43.5. The van der Waals surface area contributed by atoms with Crippen LogP contribution in [-0.4, -0.2) is 85.1 Å². The summed E-state index contributed by atoms with van der Waals surface area (Å²) in [5, 5.41) is 0. The van der Waals surface area contributed by atoms with E-state index in [9.17, 15) is 30.4 Å². The molecule has 0 aromatic heterocycles. The highest BCUT2D eigenvalue weighted by Crippen LogP contribution is 2.31. The number of anilines is 2. The van der Waals surface area contributed by atoms with Gasteiger partial charge in [-0.05, 0) is 125 Å². The average molecular weight is 869 g/mol. The van der Waals surface area contributed by atoms with Crippen molar-refractivity contribution in [1.82, 2.24) is 0 Å². The summed E-state index contributed by atoms with van der Waals surface area (Å²) in [6, 6.07) is 23.4.